The minimum absolute atomic E-state index is 0.374. The molecule has 2 aromatic heterocycles. The second kappa shape index (κ2) is 4.65. The maximum absolute atomic E-state index is 5.77. The molecule has 0 saturated carbocycles. The Morgan fingerprint density at radius 1 is 1.50 bits per heavy atom. The lowest BCUT2D eigenvalue weighted by atomic mass is 10.4. The summed E-state index contributed by atoms with van der Waals surface area (Å²) in [6, 6.07) is 0.400. The Balaban J connectivity index is 2.27. The van der Waals surface area contributed by atoms with Gasteiger partial charge in [0.2, 0.25) is 5.82 Å². The van der Waals surface area contributed by atoms with Crippen LogP contribution in [0.5, 0.6) is 6.01 Å². The predicted molar refractivity (Wildman–Crippen MR) is 63.0 cm³/mol. The number of unbranched alkanes of at least 4 members (excludes halogenated alkanes) is 1. The highest BCUT2D eigenvalue weighted by Crippen LogP contribution is 2.17. The van der Waals surface area contributed by atoms with E-state index in [-0.39, 0.29) is 0 Å². The zero-order chi connectivity index (χ0) is 11.5. The van der Waals surface area contributed by atoms with Crippen LogP contribution in [-0.2, 0) is 0 Å². The molecule has 0 unspecified atom stereocenters. The average molecular weight is 287 g/mol. The maximum Gasteiger partial charge on any atom is 0.433 e. The van der Waals surface area contributed by atoms with Gasteiger partial charge in [0, 0.05) is 15.9 Å². The molecule has 0 saturated heterocycles. The van der Waals surface area contributed by atoms with Crippen LogP contribution in [0.3, 0.4) is 0 Å². The van der Waals surface area contributed by atoms with Gasteiger partial charge in [-0.05, 0) is 11.4 Å². The van der Waals surface area contributed by atoms with E-state index in [4.69, 9.17) is 10.5 Å². The number of hydrogen-bond donors (Lipinski definition) is 2. The lowest BCUT2D eigenvalue weighted by molar-refractivity contribution is -0.371. The molecular formula is C9H13BrN5O+. The molecule has 0 aliphatic heterocycles. The largest absolute Gasteiger partial charge is 0.441 e. The van der Waals surface area contributed by atoms with Gasteiger partial charge in [-0.3, -0.25) is 0 Å². The first-order valence-electron chi connectivity index (χ1n) is 5.07. The first-order valence-corrected chi connectivity index (χ1v) is 5.86. The lowest BCUT2D eigenvalue weighted by Crippen LogP contribution is -2.15. The summed E-state index contributed by atoms with van der Waals surface area (Å²) in [5, 5.41) is 0. The predicted octanol–water partition coefficient (Wildman–Crippen LogP) is 1.30. The number of H-pyrrole nitrogens is 2. The molecule has 7 heteroatoms. The first-order chi connectivity index (χ1) is 7.70. The normalized spacial score (nSPS) is 10.9. The summed E-state index contributed by atoms with van der Waals surface area (Å²) >= 11 is 3.24. The smallest absolute Gasteiger partial charge is 0.433 e. The molecule has 0 bridgehead atoms. The van der Waals surface area contributed by atoms with Crippen molar-refractivity contribution in [3.05, 3.63) is 4.73 Å². The van der Waals surface area contributed by atoms with Crippen LogP contribution in [0.1, 0.15) is 19.8 Å². The fourth-order valence-corrected chi connectivity index (χ4v) is 1.67. The molecule has 2 heterocycles. The summed E-state index contributed by atoms with van der Waals surface area (Å²) in [5.74, 6) is 0.374. The van der Waals surface area contributed by atoms with E-state index in [1.807, 2.05) is 0 Å². The van der Waals surface area contributed by atoms with Crippen LogP contribution in [0.15, 0.2) is 4.73 Å². The molecule has 0 atom stereocenters. The van der Waals surface area contributed by atoms with Crippen molar-refractivity contribution in [1.82, 2.24) is 15.0 Å². The number of aromatic amines is 2. The second-order valence-electron chi connectivity index (χ2n) is 3.38. The van der Waals surface area contributed by atoms with E-state index in [0.717, 1.165) is 12.8 Å². The molecule has 0 amide bonds. The average Bonchev–Trinajstić information content (AvgIpc) is 2.60. The minimum Gasteiger partial charge on any atom is -0.441 e. The molecule has 16 heavy (non-hydrogen) atoms. The van der Waals surface area contributed by atoms with E-state index in [1.165, 1.54) is 0 Å². The van der Waals surface area contributed by atoms with Crippen molar-refractivity contribution < 1.29 is 9.72 Å². The van der Waals surface area contributed by atoms with Crippen molar-refractivity contribution >= 4 is 32.9 Å². The monoisotopic (exact) mass is 286 g/mol. The molecule has 6 nitrogen and oxygen atoms in total. The molecule has 0 aliphatic carbocycles. The Labute approximate surface area is 101 Å². The number of halogens is 1. The number of hydrogen-bond acceptors (Lipinski definition) is 4. The highest BCUT2D eigenvalue weighted by molar-refractivity contribution is 9.10. The van der Waals surface area contributed by atoms with Crippen molar-refractivity contribution in [2.45, 2.75) is 19.8 Å². The molecule has 4 N–H and O–H groups in total. The zero-order valence-corrected chi connectivity index (χ0v) is 10.5. The molecule has 86 valence electrons. The minimum atomic E-state index is 0.374. The molecule has 0 aromatic carbocycles. The van der Waals surface area contributed by atoms with Gasteiger partial charge in [-0.15, -0.1) is 0 Å². The van der Waals surface area contributed by atoms with Gasteiger partial charge in [-0.2, -0.15) is 0 Å². The summed E-state index contributed by atoms with van der Waals surface area (Å²) in [6.45, 7) is 2.72. The molecule has 2 aromatic rings. The number of nitrogens with two attached hydrogens (primary N) is 1. The lowest BCUT2D eigenvalue weighted by Gasteiger charge is -1.99. The van der Waals surface area contributed by atoms with E-state index in [0.29, 0.717) is 34.3 Å². The molecular weight excluding hydrogens is 274 g/mol. The number of aromatic nitrogens is 4. The Kier molecular flexibility index (Phi) is 3.23. The van der Waals surface area contributed by atoms with Crippen LogP contribution in [0.2, 0.25) is 0 Å². The highest BCUT2D eigenvalue weighted by atomic mass is 79.9. The Bertz CT molecular complexity index is 498. The maximum atomic E-state index is 5.77. The number of nitrogens with zero attached hydrogens (tertiary/aromatic N) is 2. The van der Waals surface area contributed by atoms with Crippen LogP contribution >= 0.6 is 15.9 Å². The van der Waals surface area contributed by atoms with Crippen LogP contribution in [0.25, 0.3) is 11.2 Å². The highest BCUT2D eigenvalue weighted by Gasteiger charge is 2.17. The quantitative estimate of drug-likeness (QED) is 0.655. The summed E-state index contributed by atoms with van der Waals surface area (Å²) in [4.78, 5) is 14.2. The third-order valence-corrected chi connectivity index (χ3v) is 2.49. The fourth-order valence-electron chi connectivity index (χ4n) is 1.30. The molecule has 2 rings (SSSR count). The Morgan fingerprint density at radius 2 is 2.31 bits per heavy atom. The van der Waals surface area contributed by atoms with E-state index in [1.54, 1.807) is 0 Å². The molecule has 0 aliphatic rings. The number of fused-ring (bicyclic) bond motifs is 1. The van der Waals surface area contributed by atoms with E-state index in [9.17, 15) is 0 Å². The van der Waals surface area contributed by atoms with Crippen LogP contribution in [0, 0.1) is 0 Å². The molecule has 0 fully saturated rings. The van der Waals surface area contributed by atoms with Gasteiger partial charge in [0.1, 0.15) is 0 Å². The summed E-state index contributed by atoms with van der Waals surface area (Å²) in [7, 11) is 0. The number of nitrogen functional groups attached to an aromatic ring is 1. The Hall–Kier alpha value is -1.37. The van der Waals surface area contributed by atoms with Gasteiger partial charge in [0.25, 0.3) is 10.4 Å². The van der Waals surface area contributed by atoms with Gasteiger partial charge in [-0.25, -0.2) is 4.98 Å². The molecule has 0 radical (unpaired) electrons. The zero-order valence-electron chi connectivity index (χ0n) is 8.88. The number of anilines is 1. The van der Waals surface area contributed by atoms with Crippen LogP contribution in [-0.4, -0.2) is 21.6 Å². The van der Waals surface area contributed by atoms with Crippen LogP contribution in [0.4, 0.5) is 5.82 Å². The first kappa shape index (κ1) is 11.1. The fraction of sp³-hybridized carbons (Fsp3) is 0.444. The SMILES string of the molecule is CCCCOc1nc(N)c2[nH]c(Br)nc2[nH+]1. The third-order valence-electron chi connectivity index (χ3n) is 2.12. The van der Waals surface area contributed by atoms with Gasteiger partial charge in [0.05, 0.1) is 6.61 Å². The second-order valence-corrected chi connectivity index (χ2v) is 4.13. The van der Waals surface area contributed by atoms with Crippen molar-refractivity contribution in [1.29, 1.82) is 0 Å². The number of ether oxygens (including phenoxy) is 1. The van der Waals surface area contributed by atoms with Gasteiger partial charge >= 0.3 is 6.01 Å². The molecule has 0 spiro atoms. The van der Waals surface area contributed by atoms with Crippen molar-refractivity contribution in [3.8, 4) is 6.01 Å². The van der Waals surface area contributed by atoms with E-state index >= 15 is 0 Å². The van der Waals surface area contributed by atoms with E-state index < -0.39 is 0 Å². The Morgan fingerprint density at radius 3 is 3.06 bits per heavy atom. The standard InChI is InChI=1S/C9H12BrN5O/c1-2-3-4-16-9-13-6(11)5-7(15-9)14-8(10)12-5/h2-4H2,1H3,(H3,11,12,13,14,15)/p+1. The summed E-state index contributed by atoms with van der Waals surface area (Å²) < 4.78 is 6.04. The third kappa shape index (κ3) is 2.24. The van der Waals surface area contributed by atoms with Gasteiger partial charge < -0.3 is 15.5 Å². The van der Waals surface area contributed by atoms with Crippen LogP contribution < -0.4 is 15.5 Å². The summed E-state index contributed by atoms with van der Waals surface area (Å²) in [5.41, 5.74) is 7.08. The van der Waals surface area contributed by atoms with Crippen molar-refractivity contribution in [2.75, 3.05) is 12.3 Å². The number of imidazole rings is 1. The topological polar surface area (TPSA) is 91.0 Å². The van der Waals surface area contributed by atoms with Gasteiger partial charge in [0.15, 0.2) is 5.52 Å². The van der Waals surface area contributed by atoms with E-state index in [2.05, 4.69) is 42.8 Å². The summed E-state index contributed by atoms with van der Waals surface area (Å²) in [6.07, 6.45) is 2.06. The number of rotatable bonds is 4. The van der Waals surface area contributed by atoms with Crippen molar-refractivity contribution in [3.63, 3.8) is 0 Å². The van der Waals surface area contributed by atoms with Gasteiger partial charge in [-0.1, -0.05) is 18.3 Å². The van der Waals surface area contributed by atoms with Crippen molar-refractivity contribution in [2.24, 2.45) is 0 Å². The number of nitrogens with one attached hydrogen (secondary N) is 2.